The molecule has 0 bridgehead atoms. The summed E-state index contributed by atoms with van der Waals surface area (Å²) in [6.07, 6.45) is 3.02. The Morgan fingerprint density at radius 2 is 1.86 bits per heavy atom. The van der Waals surface area contributed by atoms with E-state index < -0.39 is 30.6 Å². The summed E-state index contributed by atoms with van der Waals surface area (Å²) < 4.78 is 0. The maximum absolute atomic E-state index is 13.1. The SMILES string of the molecule is N=C(N)N1CCC[C@H](NC(=O)[C@@H]2CCN2C(=O)[C@@H](CO)NC(=O)NCc2ccccc2)C1CCCO. The topological polar surface area (TPSA) is 184 Å². The number of nitrogens with zero attached hydrogens (tertiary/aromatic N) is 2. The van der Waals surface area contributed by atoms with E-state index in [4.69, 9.17) is 11.1 Å². The van der Waals surface area contributed by atoms with Crippen molar-refractivity contribution in [2.24, 2.45) is 5.73 Å². The number of piperidine rings is 1. The fourth-order valence-corrected chi connectivity index (χ4v) is 4.76. The van der Waals surface area contributed by atoms with E-state index in [9.17, 15) is 24.6 Å². The molecule has 2 fully saturated rings. The number of urea groups is 1. The molecule has 0 aromatic heterocycles. The predicted molar refractivity (Wildman–Crippen MR) is 133 cm³/mol. The van der Waals surface area contributed by atoms with Gasteiger partial charge in [0, 0.05) is 32.3 Å². The van der Waals surface area contributed by atoms with Crippen molar-refractivity contribution in [1.82, 2.24) is 25.8 Å². The number of hydrogen-bond acceptors (Lipinski definition) is 6. The molecule has 8 N–H and O–H groups in total. The van der Waals surface area contributed by atoms with Gasteiger partial charge in [0.2, 0.25) is 11.8 Å². The molecule has 2 heterocycles. The molecular weight excluding hydrogens is 466 g/mol. The number of likely N-dealkylation sites (tertiary alicyclic amines) is 2. The lowest BCUT2D eigenvalue weighted by Gasteiger charge is -2.45. The molecule has 0 spiro atoms. The van der Waals surface area contributed by atoms with Gasteiger partial charge < -0.3 is 41.7 Å². The Kier molecular flexibility index (Phi) is 9.88. The Balaban J connectivity index is 1.55. The molecule has 4 amide bonds. The van der Waals surface area contributed by atoms with Crippen LogP contribution in [0.2, 0.25) is 0 Å². The lowest BCUT2D eigenvalue weighted by molar-refractivity contribution is -0.150. The third kappa shape index (κ3) is 6.85. The van der Waals surface area contributed by atoms with Gasteiger partial charge in [0.15, 0.2) is 5.96 Å². The second kappa shape index (κ2) is 13.1. The minimum absolute atomic E-state index is 0.00227. The average Bonchev–Trinajstić information content (AvgIpc) is 2.84. The van der Waals surface area contributed by atoms with Gasteiger partial charge in [-0.15, -0.1) is 0 Å². The maximum atomic E-state index is 13.1. The smallest absolute Gasteiger partial charge is 0.315 e. The number of benzene rings is 1. The number of hydrogen-bond donors (Lipinski definition) is 7. The number of aliphatic hydroxyl groups is 2. The van der Waals surface area contributed by atoms with Crippen molar-refractivity contribution in [1.29, 1.82) is 5.41 Å². The van der Waals surface area contributed by atoms with Gasteiger partial charge in [-0.2, -0.15) is 0 Å². The summed E-state index contributed by atoms with van der Waals surface area (Å²) in [6, 6.07) is 6.34. The zero-order chi connectivity index (χ0) is 26.1. The highest BCUT2D eigenvalue weighted by molar-refractivity contribution is 5.93. The van der Waals surface area contributed by atoms with Gasteiger partial charge in [0.25, 0.3) is 0 Å². The largest absolute Gasteiger partial charge is 0.396 e. The molecule has 12 heteroatoms. The minimum Gasteiger partial charge on any atom is -0.396 e. The molecule has 0 aliphatic carbocycles. The number of guanidine groups is 1. The number of nitrogens with one attached hydrogen (secondary N) is 4. The second-order valence-electron chi connectivity index (χ2n) is 9.15. The van der Waals surface area contributed by atoms with Crippen LogP contribution in [0.1, 0.15) is 37.7 Å². The van der Waals surface area contributed by atoms with Crippen LogP contribution in [0, 0.1) is 5.41 Å². The maximum Gasteiger partial charge on any atom is 0.315 e. The Hall–Kier alpha value is -3.38. The summed E-state index contributed by atoms with van der Waals surface area (Å²) in [5, 5.41) is 35.0. The lowest BCUT2D eigenvalue weighted by atomic mass is 9.91. The third-order valence-corrected chi connectivity index (χ3v) is 6.76. The van der Waals surface area contributed by atoms with Crippen LogP contribution in [0.15, 0.2) is 30.3 Å². The number of nitrogens with two attached hydrogens (primary N) is 1. The molecule has 36 heavy (non-hydrogen) atoms. The van der Waals surface area contributed by atoms with Gasteiger partial charge >= 0.3 is 6.03 Å². The van der Waals surface area contributed by atoms with Crippen molar-refractivity contribution in [3.8, 4) is 0 Å². The molecular formula is C24H37N7O5. The fraction of sp³-hybridized carbons (Fsp3) is 0.583. The van der Waals surface area contributed by atoms with Crippen molar-refractivity contribution in [3.63, 3.8) is 0 Å². The quantitative estimate of drug-likeness (QED) is 0.159. The predicted octanol–water partition coefficient (Wildman–Crippen LogP) is -0.937. The molecule has 1 aromatic rings. The van der Waals surface area contributed by atoms with Crippen LogP contribution in [-0.2, 0) is 16.1 Å². The molecule has 198 valence electrons. The van der Waals surface area contributed by atoms with Gasteiger partial charge in [-0.1, -0.05) is 30.3 Å². The van der Waals surface area contributed by atoms with Gasteiger partial charge in [0.05, 0.1) is 12.6 Å². The van der Waals surface area contributed by atoms with Crippen LogP contribution in [0.25, 0.3) is 0 Å². The highest BCUT2D eigenvalue weighted by Crippen LogP contribution is 2.24. The number of aliphatic hydroxyl groups excluding tert-OH is 2. The molecule has 1 unspecified atom stereocenters. The Morgan fingerprint density at radius 3 is 2.47 bits per heavy atom. The highest BCUT2D eigenvalue weighted by atomic mass is 16.3. The van der Waals surface area contributed by atoms with Crippen LogP contribution in [0.3, 0.4) is 0 Å². The van der Waals surface area contributed by atoms with Crippen LogP contribution in [0.4, 0.5) is 4.79 Å². The van der Waals surface area contributed by atoms with Crippen LogP contribution >= 0.6 is 0 Å². The summed E-state index contributed by atoms with van der Waals surface area (Å²) in [5.41, 5.74) is 6.63. The molecule has 1 aromatic carbocycles. The van der Waals surface area contributed by atoms with E-state index in [0.29, 0.717) is 38.8 Å². The van der Waals surface area contributed by atoms with E-state index in [1.807, 2.05) is 30.3 Å². The van der Waals surface area contributed by atoms with Gasteiger partial charge in [-0.25, -0.2) is 4.79 Å². The van der Waals surface area contributed by atoms with Crippen molar-refractivity contribution in [3.05, 3.63) is 35.9 Å². The normalized spacial score (nSPS) is 22.2. The number of rotatable bonds is 10. The zero-order valence-electron chi connectivity index (χ0n) is 20.4. The molecule has 0 radical (unpaired) electrons. The minimum atomic E-state index is -1.17. The number of carbonyl (C=O) groups excluding carboxylic acids is 3. The summed E-state index contributed by atoms with van der Waals surface area (Å²) in [4.78, 5) is 41.4. The average molecular weight is 504 g/mol. The first kappa shape index (κ1) is 27.2. The van der Waals surface area contributed by atoms with E-state index in [1.54, 1.807) is 4.90 Å². The second-order valence-corrected chi connectivity index (χ2v) is 9.15. The van der Waals surface area contributed by atoms with Crippen LogP contribution in [-0.4, -0.2) is 94.3 Å². The van der Waals surface area contributed by atoms with Gasteiger partial charge in [0.1, 0.15) is 12.1 Å². The van der Waals surface area contributed by atoms with E-state index in [0.717, 1.165) is 12.0 Å². The van der Waals surface area contributed by atoms with Crippen LogP contribution < -0.4 is 21.7 Å². The van der Waals surface area contributed by atoms with Crippen molar-refractivity contribution < 1.29 is 24.6 Å². The third-order valence-electron chi connectivity index (χ3n) is 6.76. The first-order valence-corrected chi connectivity index (χ1v) is 12.4. The molecule has 2 aliphatic heterocycles. The summed E-state index contributed by atoms with van der Waals surface area (Å²) in [6.45, 7) is 0.634. The standard InChI is InChI=1S/C24H37N7O5/c25-23(26)31-11-4-8-17(19(31)9-5-13-32)28-21(34)20-10-12-30(20)22(35)18(15-33)29-24(36)27-14-16-6-2-1-3-7-16/h1-3,6-7,17-20,32-33H,4-5,8-15H2,(H3,25,26)(H,28,34)(H2,27,29,36)/t17-,18+,19?,20-/m0/s1. The van der Waals surface area contributed by atoms with Crippen LogP contribution in [0.5, 0.6) is 0 Å². The molecule has 4 atom stereocenters. The van der Waals surface area contributed by atoms with Gasteiger partial charge in [-0.3, -0.25) is 15.0 Å². The molecule has 2 saturated heterocycles. The summed E-state index contributed by atoms with van der Waals surface area (Å²) in [5.74, 6) is -0.909. The lowest BCUT2D eigenvalue weighted by Crippen LogP contribution is -2.66. The monoisotopic (exact) mass is 503 g/mol. The van der Waals surface area contributed by atoms with Gasteiger partial charge in [-0.05, 0) is 37.7 Å². The Bertz CT molecular complexity index is 915. The number of amides is 4. The first-order valence-electron chi connectivity index (χ1n) is 12.4. The molecule has 12 nitrogen and oxygen atoms in total. The molecule has 2 aliphatic rings. The zero-order valence-corrected chi connectivity index (χ0v) is 20.4. The van der Waals surface area contributed by atoms with Crippen molar-refractivity contribution in [2.75, 3.05) is 26.3 Å². The first-order chi connectivity index (χ1) is 17.3. The summed E-state index contributed by atoms with van der Waals surface area (Å²) in [7, 11) is 0. The van der Waals surface area contributed by atoms with E-state index >= 15 is 0 Å². The fourth-order valence-electron chi connectivity index (χ4n) is 4.76. The Morgan fingerprint density at radius 1 is 1.11 bits per heavy atom. The number of carbonyl (C=O) groups is 3. The van der Waals surface area contributed by atoms with E-state index in [2.05, 4.69) is 16.0 Å². The van der Waals surface area contributed by atoms with E-state index in [1.165, 1.54) is 4.90 Å². The van der Waals surface area contributed by atoms with Crippen molar-refractivity contribution >= 4 is 23.8 Å². The van der Waals surface area contributed by atoms with Crippen molar-refractivity contribution in [2.45, 2.75) is 62.8 Å². The molecule has 3 rings (SSSR count). The Labute approximate surface area is 210 Å². The summed E-state index contributed by atoms with van der Waals surface area (Å²) >= 11 is 0. The van der Waals surface area contributed by atoms with E-state index in [-0.39, 0.29) is 37.1 Å². The molecule has 0 saturated carbocycles. The highest BCUT2D eigenvalue weighted by Gasteiger charge is 2.42.